The summed E-state index contributed by atoms with van der Waals surface area (Å²) in [6, 6.07) is 6.64. The predicted octanol–water partition coefficient (Wildman–Crippen LogP) is 4.18. The van der Waals surface area contributed by atoms with E-state index in [0.717, 1.165) is 24.8 Å². The number of hydrogen-bond acceptors (Lipinski definition) is 2. The summed E-state index contributed by atoms with van der Waals surface area (Å²) in [5.74, 6) is 0.506. The van der Waals surface area contributed by atoms with Crippen LogP contribution >= 0.6 is 11.6 Å². The average molecular weight is 256 g/mol. The Morgan fingerprint density at radius 1 is 1.24 bits per heavy atom. The van der Waals surface area contributed by atoms with Gasteiger partial charge < -0.3 is 0 Å². The Kier molecular flexibility index (Phi) is 5.42. The molecule has 0 bridgehead atoms. The normalized spacial score (nSPS) is 12.7. The number of nitro groups is 1. The molecule has 94 valence electrons. The van der Waals surface area contributed by atoms with E-state index in [4.69, 9.17) is 11.6 Å². The number of nitro benzene ring substituents is 1. The lowest BCUT2D eigenvalue weighted by Gasteiger charge is -2.19. The van der Waals surface area contributed by atoms with E-state index in [1.165, 1.54) is 12.1 Å². The average Bonchev–Trinajstić information content (AvgIpc) is 2.31. The number of nitrogens with zero attached hydrogens (tertiary/aromatic N) is 1. The molecule has 3 nitrogen and oxygen atoms in total. The van der Waals surface area contributed by atoms with Crippen molar-refractivity contribution in [3.63, 3.8) is 0 Å². The van der Waals surface area contributed by atoms with E-state index < -0.39 is 0 Å². The second-order valence-electron chi connectivity index (χ2n) is 4.22. The smallest absolute Gasteiger partial charge is 0.258 e. The third-order valence-electron chi connectivity index (χ3n) is 3.14. The van der Waals surface area contributed by atoms with Crippen LogP contribution in [0.1, 0.15) is 32.3 Å². The molecule has 4 heteroatoms. The van der Waals surface area contributed by atoms with Crippen molar-refractivity contribution in [2.75, 3.05) is 0 Å². The minimum atomic E-state index is -0.386. The predicted molar refractivity (Wildman–Crippen MR) is 70.5 cm³/mol. The lowest BCUT2D eigenvalue weighted by Crippen LogP contribution is -2.16. The maximum atomic E-state index is 10.5. The van der Waals surface area contributed by atoms with Gasteiger partial charge in [0.25, 0.3) is 5.69 Å². The Balaban J connectivity index is 2.65. The fourth-order valence-corrected chi connectivity index (χ4v) is 2.48. The van der Waals surface area contributed by atoms with Gasteiger partial charge in [-0.05, 0) is 17.9 Å². The van der Waals surface area contributed by atoms with Crippen molar-refractivity contribution >= 4 is 17.3 Å². The largest absolute Gasteiger partial charge is 0.269 e. The standard InChI is InChI=1S/C13H18ClNO2/c1-3-11(4-2)13(14)9-10-5-7-12(8-6-10)15(16)17/h5-8,11,13H,3-4,9H2,1-2H3. The van der Waals surface area contributed by atoms with E-state index in [-0.39, 0.29) is 16.0 Å². The van der Waals surface area contributed by atoms with Gasteiger partial charge >= 0.3 is 0 Å². The molecular weight excluding hydrogens is 238 g/mol. The van der Waals surface area contributed by atoms with Crippen molar-refractivity contribution in [1.29, 1.82) is 0 Å². The number of non-ortho nitro benzene ring substituents is 1. The maximum absolute atomic E-state index is 10.5. The molecule has 17 heavy (non-hydrogen) atoms. The fraction of sp³-hybridized carbons (Fsp3) is 0.538. The Bertz CT molecular complexity index is 360. The van der Waals surface area contributed by atoms with Gasteiger partial charge in [0.2, 0.25) is 0 Å². The number of rotatable bonds is 6. The van der Waals surface area contributed by atoms with Gasteiger partial charge in [-0.3, -0.25) is 10.1 Å². The highest BCUT2D eigenvalue weighted by Gasteiger charge is 2.16. The van der Waals surface area contributed by atoms with Gasteiger partial charge in [-0.15, -0.1) is 11.6 Å². The van der Waals surface area contributed by atoms with Gasteiger partial charge in [-0.1, -0.05) is 38.8 Å². The molecule has 0 aliphatic carbocycles. The summed E-state index contributed by atoms with van der Waals surface area (Å²) in [7, 11) is 0. The highest BCUT2D eigenvalue weighted by molar-refractivity contribution is 6.20. The lowest BCUT2D eigenvalue weighted by atomic mass is 9.94. The van der Waals surface area contributed by atoms with Crippen LogP contribution in [0.5, 0.6) is 0 Å². The minimum absolute atomic E-state index is 0.103. The first-order valence-corrected chi connectivity index (χ1v) is 6.39. The zero-order chi connectivity index (χ0) is 12.8. The summed E-state index contributed by atoms with van der Waals surface area (Å²) in [5, 5.41) is 10.6. The van der Waals surface area contributed by atoms with Gasteiger partial charge in [-0.2, -0.15) is 0 Å². The quantitative estimate of drug-likeness (QED) is 0.435. The van der Waals surface area contributed by atoms with Crippen molar-refractivity contribution in [3.8, 4) is 0 Å². The van der Waals surface area contributed by atoms with Crippen molar-refractivity contribution in [3.05, 3.63) is 39.9 Å². The van der Waals surface area contributed by atoms with Crippen LogP contribution in [0, 0.1) is 16.0 Å². The monoisotopic (exact) mass is 255 g/mol. The summed E-state index contributed by atoms with van der Waals surface area (Å²) in [4.78, 5) is 10.1. The highest BCUT2D eigenvalue weighted by Crippen LogP contribution is 2.23. The SMILES string of the molecule is CCC(CC)C(Cl)Cc1ccc([N+](=O)[O-])cc1. The van der Waals surface area contributed by atoms with Crippen LogP contribution in [0.2, 0.25) is 0 Å². The molecule has 1 aromatic rings. The van der Waals surface area contributed by atoms with E-state index in [1.807, 2.05) is 0 Å². The highest BCUT2D eigenvalue weighted by atomic mass is 35.5. The number of benzene rings is 1. The first-order chi connectivity index (χ1) is 8.08. The van der Waals surface area contributed by atoms with Gasteiger partial charge in [0.1, 0.15) is 0 Å². The molecule has 1 atom stereocenters. The van der Waals surface area contributed by atoms with Crippen molar-refractivity contribution in [1.82, 2.24) is 0 Å². The van der Waals surface area contributed by atoms with Gasteiger partial charge in [0.15, 0.2) is 0 Å². The summed E-state index contributed by atoms with van der Waals surface area (Å²) in [5.41, 5.74) is 1.19. The Morgan fingerprint density at radius 3 is 2.18 bits per heavy atom. The Morgan fingerprint density at radius 2 is 1.76 bits per heavy atom. The van der Waals surface area contributed by atoms with Gasteiger partial charge in [0, 0.05) is 17.5 Å². The van der Waals surface area contributed by atoms with Crippen LogP contribution in [-0.4, -0.2) is 10.3 Å². The van der Waals surface area contributed by atoms with Gasteiger partial charge in [-0.25, -0.2) is 0 Å². The van der Waals surface area contributed by atoms with Crippen molar-refractivity contribution in [2.45, 2.75) is 38.5 Å². The van der Waals surface area contributed by atoms with Crippen LogP contribution in [0.15, 0.2) is 24.3 Å². The zero-order valence-corrected chi connectivity index (χ0v) is 11.0. The molecule has 0 spiro atoms. The first-order valence-electron chi connectivity index (χ1n) is 5.95. The molecule has 0 amide bonds. The maximum Gasteiger partial charge on any atom is 0.269 e. The van der Waals surface area contributed by atoms with E-state index in [1.54, 1.807) is 12.1 Å². The van der Waals surface area contributed by atoms with Crippen LogP contribution in [0.25, 0.3) is 0 Å². The molecule has 0 fully saturated rings. The number of halogens is 1. The van der Waals surface area contributed by atoms with Gasteiger partial charge in [0.05, 0.1) is 4.92 Å². The molecule has 0 saturated carbocycles. The number of alkyl halides is 1. The topological polar surface area (TPSA) is 43.1 Å². The Labute approximate surface area is 107 Å². The molecule has 0 radical (unpaired) electrons. The molecule has 1 unspecified atom stereocenters. The molecule has 0 aliphatic heterocycles. The molecule has 1 rings (SSSR count). The minimum Gasteiger partial charge on any atom is -0.258 e. The molecule has 0 aliphatic rings. The second-order valence-corrected chi connectivity index (χ2v) is 4.78. The second kappa shape index (κ2) is 6.60. The molecule has 1 aromatic carbocycles. The van der Waals surface area contributed by atoms with E-state index in [0.29, 0.717) is 5.92 Å². The van der Waals surface area contributed by atoms with Crippen molar-refractivity contribution < 1.29 is 4.92 Å². The Hall–Kier alpha value is -1.09. The molecule has 0 saturated heterocycles. The van der Waals surface area contributed by atoms with E-state index >= 15 is 0 Å². The third-order valence-corrected chi connectivity index (χ3v) is 3.65. The molecule has 0 N–H and O–H groups in total. The van der Waals surface area contributed by atoms with E-state index in [9.17, 15) is 10.1 Å². The molecule has 0 heterocycles. The van der Waals surface area contributed by atoms with Crippen LogP contribution in [-0.2, 0) is 6.42 Å². The third kappa shape index (κ3) is 4.00. The summed E-state index contributed by atoms with van der Waals surface area (Å²) in [6.45, 7) is 4.28. The molecular formula is C13H18ClNO2. The zero-order valence-electron chi connectivity index (χ0n) is 10.2. The number of hydrogen-bond donors (Lipinski definition) is 0. The first kappa shape index (κ1) is 14.0. The van der Waals surface area contributed by atoms with Crippen LogP contribution in [0.3, 0.4) is 0 Å². The molecule has 0 aromatic heterocycles. The lowest BCUT2D eigenvalue weighted by molar-refractivity contribution is -0.384. The summed E-state index contributed by atoms with van der Waals surface area (Å²) >= 11 is 6.35. The van der Waals surface area contributed by atoms with Crippen LogP contribution in [0.4, 0.5) is 5.69 Å². The van der Waals surface area contributed by atoms with Crippen molar-refractivity contribution in [2.24, 2.45) is 5.92 Å². The summed E-state index contributed by atoms with van der Waals surface area (Å²) in [6.07, 6.45) is 2.90. The fourth-order valence-electron chi connectivity index (χ4n) is 1.95. The van der Waals surface area contributed by atoms with Crippen LogP contribution < -0.4 is 0 Å². The van der Waals surface area contributed by atoms with E-state index in [2.05, 4.69) is 13.8 Å². The summed E-state index contributed by atoms with van der Waals surface area (Å²) < 4.78 is 0.